The van der Waals surface area contributed by atoms with Crippen LogP contribution in [0.5, 0.6) is 5.75 Å². The van der Waals surface area contributed by atoms with Crippen LogP contribution in [0.15, 0.2) is 24.3 Å². The fraction of sp³-hybridized carbons (Fsp3) is 0.526. The summed E-state index contributed by atoms with van der Waals surface area (Å²) in [5.41, 5.74) is 0.978. The fourth-order valence-electron chi connectivity index (χ4n) is 3.40. The molecule has 0 aliphatic carbocycles. The van der Waals surface area contributed by atoms with Crippen LogP contribution in [0, 0.1) is 10.7 Å². The molecule has 0 unspecified atom stereocenters. The van der Waals surface area contributed by atoms with E-state index in [9.17, 15) is 4.79 Å². The van der Waals surface area contributed by atoms with E-state index >= 15 is 0 Å². The summed E-state index contributed by atoms with van der Waals surface area (Å²) in [6, 6.07) is 7.76. The zero-order chi connectivity index (χ0) is 19.4. The number of ether oxygens (including phenoxy) is 2. The van der Waals surface area contributed by atoms with Gasteiger partial charge in [-0.2, -0.15) is 5.10 Å². The van der Waals surface area contributed by atoms with Crippen LogP contribution in [0.4, 0.5) is 0 Å². The minimum absolute atomic E-state index is 0.0716. The first-order chi connectivity index (χ1) is 13.0. The maximum Gasteiger partial charge on any atom is 0.310 e. The summed E-state index contributed by atoms with van der Waals surface area (Å²) in [5, 5.41) is 4.71. The van der Waals surface area contributed by atoms with Gasteiger partial charge in [0.15, 0.2) is 10.6 Å². The smallest absolute Gasteiger partial charge is 0.310 e. The molecule has 0 spiro atoms. The van der Waals surface area contributed by atoms with Crippen molar-refractivity contribution in [1.82, 2.24) is 19.2 Å². The average molecular weight is 391 g/mol. The molecule has 3 rings (SSSR count). The molecule has 1 aromatic heterocycles. The largest absolute Gasteiger partial charge is 0.497 e. The van der Waals surface area contributed by atoms with Crippen molar-refractivity contribution in [1.29, 1.82) is 0 Å². The van der Waals surface area contributed by atoms with Gasteiger partial charge in [-0.05, 0) is 62.8 Å². The molecule has 1 saturated heterocycles. The van der Waals surface area contributed by atoms with E-state index in [1.54, 1.807) is 7.11 Å². The van der Waals surface area contributed by atoms with Crippen LogP contribution in [-0.4, -0.2) is 52.0 Å². The number of piperidine rings is 1. The normalized spacial score (nSPS) is 17.7. The predicted octanol–water partition coefficient (Wildman–Crippen LogP) is 2.86. The first-order valence-electron chi connectivity index (χ1n) is 9.20. The minimum Gasteiger partial charge on any atom is -0.497 e. The summed E-state index contributed by atoms with van der Waals surface area (Å²) in [5.74, 6) is 1.43. The Hall–Kier alpha value is -2.19. The molecule has 7 nitrogen and oxygen atoms in total. The minimum atomic E-state index is -0.106. The lowest BCUT2D eigenvalue weighted by Gasteiger charge is -2.31. The summed E-state index contributed by atoms with van der Waals surface area (Å²) in [6.45, 7) is 4.43. The topological polar surface area (TPSA) is 61.5 Å². The summed E-state index contributed by atoms with van der Waals surface area (Å²) < 4.78 is 14.8. The van der Waals surface area contributed by atoms with Gasteiger partial charge in [-0.25, -0.2) is 4.68 Å². The average Bonchev–Trinajstić information content (AvgIpc) is 2.97. The van der Waals surface area contributed by atoms with Crippen LogP contribution in [0.25, 0.3) is 11.4 Å². The lowest BCUT2D eigenvalue weighted by atomic mass is 9.99. The Morgan fingerprint density at radius 1 is 1.33 bits per heavy atom. The third-order valence-electron chi connectivity index (χ3n) is 4.85. The molecular formula is C19H26N4O3S. The van der Waals surface area contributed by atoms with E-state index < -0.39 is 0 Å². The highest BCUT2D eigenvalue weighted by atomic mass is 32.1. The Kier molecular flexibility index (Phi) is 6.28. The van der Waals surface area contributed by atoms with Crippen molar-refractivity contribution < 1.29 is 14.3 Å². The Labute approximate surface area is 164 Å². The van der Waals surface area contributed by atoms with Crippen LogP contribution >= 0.6 is 12.2 Å². The number of carbonyl (C=O) groups is 1. The van der Waals surface area contributed by atoms with Crippen molar-refractivity contribution >= 4 is 18.2 Å². The summed E-state index contributed by atoms with van der Waals surface area (Å²) in [7, 11) is 3.57. The molecule has 1 atom stereocenters. The van der Waals surface area contributed by atoms with Crippen molar-refractivity contribution in [2.75, 3.05) is 26.8 Å². The summed E-state index contributed by atoms with van der Waals surface area (Å²) in [4.78, 5) is 14.3. The molecule has 0 saturated carbocycles. The van der Waals surface area contributed by atoms with Crippen molar-refractivity contribution in [3.05, 3.63) is 29.0 Å². The second-order valence-corrected chi connectivity index (χ2v) is 7.07. The van der Waals surface area contributed by atoms with Gasteiger partial charge >= 0.3 is 5.97 Å². The van der Waals surface area contributed by atoms with Crippen LogP contribution in [0.1, 0.15) is 19.8 Å². The molecule has 0 radical (unpaired) electrons. The molecule has 1 aromatic carbocycles. The molecule has 0 N–H and O–H groups in total. The highest BCUT2D eigenvalue weighted by Crippen LogP contribution is 2.22. The van der Waals surface area contributed by atoms with Gasteiger partial charge in [-0.3, -0.25) is 9.69 Å². The Bertz CT molecular complexity index is 844. The van der Waals surface area contributed by atoms with Gasteiger partial charge in [0.2, 0.25) is 0 Å². The van der Waals surface area contributed by atoms with Crippen molar-refractivity contribution in [3.63, 3.8) is 0 Å². The number of rotatable bonds is 6. The van der Waals surface area contributed by atoms with Gasteiger partial charge < -0.3 is 14.0 Å². The van der Waals surface area contributed by atoms with Crippen LogP contribution in [0.2, 0.25) is 0 Å². The Morgan fingerprint density at radius 3 is 2.74 bits per heavy atom. The fourth-order valence-corrected chi connectivity index (χ4v) is 3.58. The van der Waals surface area contributed by atoms with Crippen molar-refractivity contribution in [3.8, 4) is 17.1 Å². The Morgan fingerprint density at radius 2 is 2.07 bits per heavy atom. The molecule has 1 aliphatic heterocycles. The zero-order valence-corrected chi connectivity index (χ0v) is 16.9. The third-order valence-corrected chi connectivity index (χ3v) is 5.33. The number of hydrogen-bond acceptors (Lipinski definition) is 6. The van der Waals surface area contributed by atoms with Gasteiger partial charge in [0.25, 0.3) is 0 Å². The first-order valence-corrected chi connectivity index (χ1v) is 9.61. The van der Waals surface area contributed by atoms with E-state index in [0.717, 1.165) is 36.5 Å². The van der Waals surface area contributed by atoms with Gasteiger partial charge in [0.1, 0.15) is 5.75 Å². The van der Waals surface area contributed by atoms with E-state index in [4.69, 9.17) is 26.8 Å². The van der Waals surface area contributed by atoms with Crippen molar-refractivity contribution in [2.45, 2.75) is 26.4 Å². The number of carbonyl (C=O) groups excluding carboxylic acids is 1. The number of nitrogens with zero attached hydrogens (tertiary/aromatic N) is 4. The highest BCUT2D eigenvalue weighted by molar-refractivity contribution is 7.71. The van der Waals surface area contributed by atoms with Crippen LogP contribution < -0.4 is 4.74 Å². The molecule has 0 amide bonds. The number of esters is 1. The van der Waals surface area contributed by atoms with Gasteiger partial charge in [-0.15, -0.1) is 0 Å². The Balaban J connectivity index is 1.75. The second kappa shape index (κ2) is 8.67. The second-order valence-electron chi connectivity index (χ2n) is 6.70. The van der Waals surface area contributed by atoms with E-state index in [0.29, 0.717) is 24.6 Å². The number of hydrogen-bond donors (Lipinski definition) is 0. The maximum atomic E-state index is 12.1. The van der Waals surface area contributed by atoms with Gasteiger partial charge in [-0.1, -0.05) is 0 Å². The third kappa shape index (κ3) is 4.39. The molecule has 2 aromatic rings. The van der Waals surface area contributed by atoms with E-state index in [1.807, 2.05) is 47.5 Å². The number of likely N-dealkylation sites (tertiary alicyclic amines) is 1. The first kappa shape index (κ1) is 19.6. The number of methoxy groups -OCH3 is 1. The highest BCUT2D eigenvalue weighted by Gasteiger charge is 2.27. The summed E-state index contributed by atoms with van der Waals surface area (Å²) in [6.07, 6.45) is 1.84. The monoisotopic (exact) mass is 390 g/mol. The standard InChI is InChI=1S/C19H26N4O3S/c1-4-26-18(24)15-6-5-11-22(12-15)13-23-19(27)21(2)17(20-23)14-7-9-16(25-3)10-8-14/h7-10,15H,4-6,11-13H2,1-3H3/t15-/m0/s1. The number of aromatic nitrogens is 3. The molecule has 0 bridgehead atoms. The van der Waals surface area contributed by atoms with Crippen LogP contribution in [0.3, 0.4) is 0 Å². The quantitative estimate of drug-likeness (QED) is 0.558. The van der Waals surface area contributed by atoms with E-state index in [-0.39, 0.29) is 11.9 Å². The molecule has 1 fully saturated rings. The maximum absolute atomic E-state index is 12.1. The summed E-state index contributed by atoms with van der Waals surface area (Å²) >= 11 is 5.57. The molecular weight excluding hydrogens is 364 g/mol. The molecule has 8 heteroatoms. The molecule has 1 aliphatic rings. The predicted molar refractivity (Wildman–Crippen MR) is 105 cm³/mol. The molecule has 146 valence electrons. The lowest BCUT2D eigenvalue weighted by molar-refractivity contribution is -0.150. The van der Waals surface area contributed by atoms with E-state index in [2.05, 4.69) is 4.90 Å². The zero-order valence-electron chi connectivity index (χ0n) is 16.1. The van der Waals surface area contributed by atoms with Gasteiger partial charge in [0, 0.05) is 19.2 Å². The van der Waals surface area contributed by atoms with E-state index in [1.165, 1.54) is 0 Å². The lowest BCUT2D eigenvalue weighted by Crippen LogP contribution is -2.40. The molecule has 27 heavy (non-hydrogen) atoms. The SMILES string of the molecule is CCOC(=O)[C@H]1CCCN(Cn2nc(-c3ccc(OC)cc3)n(C)c2=S)C1. The molecule has 2 heterocycles. The van der Waals surface area contributed by atoms with Crippen LogP contribution in [-0.2, 0) is 23.2 Å². The number of benzene rings is 1. The van der Waals surface area contributed by atoms with Crippen molar-refractivity contribution in [2.24, 2.45) is 13.0 Å². The van der Waals surface area contributed by atoms with Gasteiger partial charge in [0.05, 0.1) is 26.3 Å².